The predicted molar refractivity (Wildman–Crippen MR) is 115 cm³/mol. The normalized spacial score (nSPS) is 16.2. The number of aryl methyl sites for hydroxylation is 2. The van der Waals surface area contributed by atoms with E-state index in [-0.39, 0.29) is 0 Å². The van der Waals surface area contributed by atoms with Gasteiger partial charge in [-0.1, -0.05) is 43.3 Å². The van der Waals surface area contributed by atoms with E-state index in [4.69, 9.17) is 0 Å². The van der Waals surface area contributed by atoms with Crippen LogP contribution in [-0.4, -0.2) is 29.5 Å². The van der Waals surface area contributed by atoms with E-state index in [1.807, 2.05) is 0 Å². The molecule has 1 aliphatic rings. The van der Waals surface area contributed by atoms with Crippen LogP contribution in [0.15, 0.2) is 54.7 Å². The fraction of sp³-hybridized carbons (Fsp3) is 0.440. The van der Waals surface area contributed by atoms with Gasteiger partial charge in [0.1, 0.15) is 0 Å². The number of benzene rings is 2. The fourth-order valence-electron chi connectivity index (χ4n) is 4.52. The van der Waals surface area contributed by atoms with Gasteiger partial charge in [-0.2, -0.15) is 0 Å². The van der Waals surface area contributed by atoms with Gasteiger partial charge in [-0.3, -0.25) is 0 Å². The Hall–Kier alpha value is -2.06. The van der Waals surface area contributed by atoms with Crippen LogP contribution < -0.4 is 0 Å². The molecule has 1 aromatic heterocycles. The van der Waals surface area contributed by atoms with Gasteiger partial charge in [-0.25, -0.2) is 0 Å². The SMILES string of the molecule is CCc1ccc2[nH]cc(CCCCN3CCC(c4ccccc4)CC3)c2c1. The quantitative estimate of drug-likeness (QED) is 0.517. The Balaban J connectivity index is 1.22. The lowest BCUT2D eigenvalue weighted by Gasteiger charge is -2.32. The Morgan fingerprint density at radius 1 is 1.00 bits per heavy atom. The number of hydrogen-bond donors (Lipinski definition) is 1. The van der Waals surface area contributed by atoms with E-state index in [0.29, 0.717) is 0 Å². The molecule has 1 N–H and O–H groups in total. The van der Waals surface area contributed by atoms with Crippen LogP contribution in [0.3, 0.4) is 0 Å². The van der Waals surface area contributed by atoms with E-state index >= 15 is 0 Å². The largest absolute Gasteiger partial charge is 0.361 e. The average molecular weight is 361 g/mol. The molecule has 1 fully saturated rings. The molecule has 0 unspecified atom stereocenters. The van der Waals surface area contributed by atoms with Crippen LogP contribution in [0.1, 0.15) is 55.2 Å². The van der Waals surface area contributed by atoms with Crippen LogP contribution in [0.5, 0.6) is 0 Å². The summed E-state index contributed by atoms with van der Waals surface area (Å²) in [5.74, 6) is 0.765. The van der Waals surface area contributed by atoms with Crippen molar-refractivity contribution in [1.29, 1.82) is 0 Å². The van der Waals surface area contributed by atoms with Gasteiger partial charge >= 0.3 is 0 Å². The number of nitrogens with zero attached hydrogens (tertiary/aromatic N) is 1. The second kappa shape index (κ2) is 8.75. The molecule has 0 aliphatic carbocycles. The van der Waals surface area contributed by atoms with Crippen LogP contribution >= 0.6 is 0 Å². The smallest absolute Gasteiger partial charge is 0.0456 e. The lowest BCUT2D eigenvalue weighted by Crippen LogP contribution is -2.33. The number of fused-ring (bicyclic) bond motifs is 1. The minimum atomic E-state index is 0.765. The number of aromatic amines is 1. The van der Waals surface area contributed by atoms with Crippen molar-refractivity contribution < 1.29 is 0 Å². The highest BCUT2D eigenvalue weighted by atomic mass is 15.1. The van der Waals surface area contributed by atoms with E-state index in [9.17, 15) is 0 Å². The highest BCUT2D eigenvalue weighted by molar-refractivity contribution is 5.83. The van der Waals surface area contributed by atoms with E-state index < -0.39 is 0 Å². The van der Waals surface area contributed by atoms with Gasteiger partial charge in [0.15, 0.2) is 0 Å². The van der Waals surface area contributed by atoms with Gasteiger partial charge < -0.3 is 9.88 Å². The van der Waals surface area contributed by atoms with Crippen LogP contribution in [0, 0.1) is 0 Å². The maximum Gasteiger partial charge on any atom is 0.0456 e. The Kier molecular flexibility index (Phi) is 5.94. The minimum absolute atomic E-state index is 0.765. The third-order valence-electron chi connectivity index (χ3n) is 6.27. The third kappa shape index (κ3) is 4.44. The number of unbranched alkanes of at least 4 members (excludes halogenated alkanes) is 1. The molecule has 27 heavy (non-hydrogen) atoms. The maximum absolute atomic E-state index is 3.44. The monoisotopic (exact) mass is 360 g/mol. The van der Waals surface area contributed by atoms with Crippen molar-refractivity contribution in [2.75, 3.05) is 19.6 Å². The zero-order valence-electron chi connectivity index (χ0n) is 16.6. The van der Waals surface area contributed by atoms with E-state index in [1.165, 1.54) is 79.3 Å². The molecular weight excluding hydrogens is 328 g/mol. The highest BCUT2D eigenvalue weighted by Crippen LogP contribution is 2.28. The molecule has 0 spiro atoms. The summed E-state index contributed by atoms with van der Waals surface area (Å²) in [4.78, 5) is 6.11. The first-order chi connectivity index (χ1) is 13.3. The summed E-state index contributed by atoms with van der Waals surface area (Å²) in [6.07, 6.45) is 9.72. The molecule has 1 saturated heterocycles. The molecule has 0 amide bonds. The molecule has 1 aliphatic heterocycles. The lowest BCUT2D eigenvalue weighted by atomic mass is 9.89. The van der Waals surface area contributed by atoms with Crippen LogP contribution in [0.2, 0.25) is 0 Å². The summed E-state index contributed by atoms with van der Waals surface area (Å²) in [7, 11) is 0. The second-order valence-electron chi connectivity index (χ2n) is 8.03. The molecule has 142 valence electrons. The molecule has 0 radical (unpaired) electrons. The molecular formula is C25H32N2. The first kappa shape index (κ1) is 18.3. The summed E-state index contributed by atoms with van der Waals surface area (Å²) in [6.45, 7) is 6.00. The van der Waals surface area contributed by atoms with Gasteiger partial charge in [-0.05, 0) is 92.9 Å². The fourth-order valence-corrected chi connectivity index (χ4v) is 4.52. The molecule has 2 aromatic carbocycles. The Morgan fingerprint density at radius 2 is 1.81 bits per heavy atom. The molecule has 2 heteroatoms. The van der Waals surface area contributed by atoms with Crippen molar-refractivity contribution in [3.8, 4) is 0 Å². The Bertz CT molecular complexity index is 841. The second-order valence-corrected chi connectivity index (χ2v) is 8.03. The number of rotatable bonds is 7. The summed E-state index contributed by atoms with van der Waals surface area (Å²) in [5, 5.41) is 1.43. The molecule has 0 bridgehead atoms. The van der Waals surface area contributed by atoms with Crippen LogP contribution in [0.4, 0.5) is 0 Å². The van der Waals surface area contributed by atoms with Gasteiger partial charge in [0, 0.05) is 17.1 Å². The molecule has 0 saturated carbocycles. The van der Waals surface area contributed by atoms with Crippen molar-refractivity contribution in [2.24, 2.45) is 0 Å². The van der Waals surface area contributed by atoms with Gasteiger partial charge in [0.05, 0.1) is 0 Å². The van der Waals surface area contributed by atoms with E-state index in [2.05, 4.69) is 71.5 Å². The number of piperidine rings is 1. The zero-order chi connectivity index (χ0) is 18.5. The van der Waals surface area contributed by atoms with Gasteiger partial charge in [0.25, 0.3) is 0 Å². The van der Waals surface area contributed by atoms with Crippen molar-refractivity contribution in [3.05, 3.63) is 71.4 Å². The highest BCUT2D eigenvalue weighted by Gasteiger charge is 2.19. The number of hydrogen-bond acceptors (Lipinski definition) is 1. The molecule has 2 heterocycles. The average Bonchev–Trinajstić information content (AvgIpc) is 3.14. The number of nitrogens with one attached hydrogen (secondary N) is 1. The molecule has 2 nitrogen and oxygen atoms in total. The van der Waals surface area contributed by atoms with Gasteiger partial charge in [-0.15, -0.1) is 0 Å². The minimum Gasteiger partial charge on any atom is -0.361 e. The predicted octanol–water partition coefficient (Wildman–Crippen LogP) is 5.93. The number of H-pyrrole nitrogens is 1. The maximum atomic E-state index is 3.44. The summed E-state index contributed by atoms with van der Waals surface area (Å²) in [6, 6.07) is 17.9. The summed E-state index contributed by atoms with van der Waals surface area (Å²) < 4.78 is 0. The third-order valence-corrected chi connectivity index (χ3v) is 6.27. The Labute approximate surface area is 163 Å². The number of likely N-dealkylation sites (tertiary alicyclic amines) is 1. The van der Waals surface area contributed by atoms with E-state index in [1.54, 1.807) is 0 Å². The van der Waals surface area contributed by atoms with Crippen molar-refractivity contribution >= 4 is 10.9 Å². The van der Waals surface area contributed by atoms with Crippen LogP contribution in [0.25, 0.3) is 10.9 Å². The lowest BCUT2D eigenvalue weighted by molar-refractivity contribution is 0.209. The van der Waals surface area contributed by atoms with Crippen molar-refractivity contribution in [3.63, 3.8) is 0 Å². The number of aromatic nitrogens is 1. The topological polar surface area (TPSA) is 19.0 Å². The molecule has 0 atom stereocenters. The first-order valence-electron chi connectivity index (χ1n) is 10.7. The van der Waals surface area contributed by atoms with Gasteiger partial charge in [0.2, 0.25) is 0 Å². The van der Waals surface area contributed by atoms with E-state index in [0.717, 1.165) is 12.3 Å². The molecule has 4 rings (SSSR count). The first-order valence-corrected chi connectivity index (χ1v) is 10.7. The van der Waals surface area contributed by atoms with Crippen molar-refractivity contribution in [2.45, 2.75) is 51.4 Å². The summed E-state index contributed by atoms with van der Waals surface area (Å²) in [5.41, 5.74) is 5.74. The molecule has 3 aromatic rings. The summed E-state index contributed by atoms with van der Waals surface area (Å²) >= 11 is 0. The van der Waals surface area contributed by atoms with Crippen molar-refractivity contribution in [1.82, 2.24) is 9.88 Å². The Morgan fingerprint density at radius 3 is 2.59 bits per heavy atom. The van der Waals surface area contributed by atoms with Crippen LogP contribution in [-0.2, 0) is 12.8 Å². The standard InChI is InChI=1S/C25H32N2/c1-2-20-11-12-25-24(18-20)23(19-26-25)10-6-7-15-27-16-13-22(14-17-27)21-8-4-3-5-9-21/h3-5,8-9,11-12,18-19,22,26H,2,6-7,10,13-17H2,1H3. The zero-order valence-corrected chi connectivity index (χ0v) is 16.6.